The van der Waals surface area contributed by atoms with Crippen molar-refractivity contribution in [1.82, 2.24) is 14.7 Å². The standard InChI is InChI=1S/C18H20ClN3O3/c19-13-9-14(12-4-6-21(7-5-12)18(23)24)15-11-20-22(16(15)10-13)17-3-1-2-8-25-17/h4,9-11,17H,1-3,5-8H2,(H,23,24). The Hall–Kier alpha value is -2.05. The summed E-state index contributed by atoms with van der Waals surface area (Å²) in [6.45, 7) is 1.66. The zero-order valence-corrected chi connectivity index (χ0v) is 14.6. The summed E-state index contributed by atoms with van der Waals surface area (Å²) >= 11 is 6.38. The number of hydrogen-bond acceptors (Lipinski definition) is 3. The van der Waals surface area contributed by atoms with Crippen LogP contribution in [0.15, 0.2) is 24.4 Å². The molecule has 1 atom stereocenters. The molecule has 2 aliphatic rings. The molecule has 6 nitrogen and oxygen atoms in total. The van der Waals surface area contributed by atoms with Gasteiger partial charge >= 0.3 is 6.09 Å². The number of benzene rings is 1. The van der Waals surface area contributed by atoms with Crippen LogP contribution in [0.25, 0.3) is 16.5 Å². The monoisotopic (exact) mass is 361 g/mol. The summed E-state index contributed by atoms with van der Waals surface area (Å²) in [5.74, 6) is 0. The van der Waals surface area contributed by atoms with Gasteiger partial charge in [0.05, 0.1) is 11.7 Å². The van der Waals surface area contributed by atoms with Crippen molar-refractivity contribution in [3.8, 4) is 0 Å². The molecule has 1 aromatic heterocycles. The van der Waals surface area contributed by atoms with Gasteiger partial charge in [-0.05, 0) is 49.0 Å². The van der Waals surface area contributed by atoms with Crippen molar-refractivity contribution >= 4 is 34.2 Å². The SMILES string of the molecule is O=C(O)N1CC=C(c2cc(Cl)cc3c2cnn3C2CCCCO2)CC1. The lowest BCUT2D eigenvalue weighted by molar-refractivity contribution is -0.0366. The van der Waals surface area contributed by atoms with Crippen molar-refractivity contribution in [3.63, 3.8) is 0 Å². The molecule has 1 saturated heterocycles. The molecule has 1 aromatic carbocycles. The van der Waals surface area contributed by atoms with Crippen LogP contribution < -0.4 is 0 Å². The lowest BCUT2D eigenvalue weighted by Crippen LogP contribution is -2.33. The average Bonchev–Trinajstić information content (AvgIpc) is 3.05. The lowest BCUT2D eigenvalue weighted by atomic mass is 9.96. The smallest absolute Gasteiger partial charge is 0.407 e. The number of amides is 1. The summed E-state index contributed by atoms with van der Waals surface area (Å²) in [7, 11) is 0. The highest BCUT2D eigenvalue weighted by Gasteiger charge is 2.22. The molecule has 2 aliphatic heterocycles. The lowest BCUT2D eigenvalue weighted by Gasteiger charge is -2.25. The molecular weight excluding hydrogens is 342 g/mol. The third kappa shape index (κ3) is 3.12. The van der Waals surface area contributed by atoms with Crippen LogP contribution in [0.4, 0.5) is 4.79 Å². The fourth-order valence-electron chi connectivity index (χ4n) is 3.61. The minimum Gasteiger partial charge on any atom is -0.465 e. The van der Waals surface area contributed by atoms with Crippen LogP contribution in [0.2, 0.25) is 5.02 Å². The fraction of sp³-hybridized carbons (Fsp3) is 0.444. The molecule has 0 aliphatic carbocycles. The molecule has 0 radical (unpaired) electrons. The largest absolute Gasteiger partial charge is 0.465 e. The third-order valence-corrected chi connectivity index (χ3v) is 5.15. The Morgan fingerprint density at radius 1 is 1.36 bits per heavy atom. The number of nitrogens with zero attached hydrogens (tertiary/aromatic N) is 3. The summed E-state index contributed by atoms with van der Waals surface area (Å²) < 4.78 is 7.79. The number of ether oxygens (including phenoxy) is 1. The molecular formula is C18H20ClN3O3. The summed E-state index contributed by atoms with van der Waals surface area (Å²) in [6, 6.07) is 3.87. The highest BCUT2D eigenvalue weighted by Crippen LogP contribution is 2.34. The number of halogens is 1. The van der Waals surface area contributed by atoms with E-state index in [4.69, 9.17) is 21.4 Å². The zero-order valence-electron chi connectivity index (χ0n) is 13.8. The van der Waals surface area contributed by atoms with Crippen LogP contribution in [0, 0.1) is 0 Å². The van der Waals surface area contributed by atoms with Crippen LogP contribution in [-0.4, -0.2) is 45.6 Å². The molecule has 1 amide bonds. The summed E-state index contributed by atoms with van der Waals surface area (Å²) in [6.07, 6.45) is 6.77. The minimum absolute atomic E-state index is 0.0413. The van der Waals surface area contributed by atoms with Gasteiger partial charge in [-0.3, -0.25) is 0 Å². The molecule has 25 heavy (non-hydrogen) atoms. The molecule has 132 valence electrons. The number of rotatable bonds is 2. The maximum absolute atomic E-state index is 11.1. The molecule has 3 heterocycles. The Labute approximate surface area is 150 Å². The van der Waals surface area contributed by atoms with E-state index in [9.17, 15) is 4.79 Å². The second-order valence-electron chi connectivity index (χ2n) is 6.50. The maximum Gasteiger partial charge on any atom is 0.407 e. The average molecular weight is 362 g/mol. The fourth-order valence-corrected chi connectivity index (χ4v) is 3.82. The van der Waals surface area contributed by atoms with Gasteiger partial charge in [-0.1, -0.05) is 17.7 Å². The van der Waals surface area contributed by atoms with E-state index in [0.29, 0.717) is 24.5 Å². The van der Waals surface area contributed by atoms with Gasteiger partial charge in [0, 0.05) is 30.1 Å². The Morgan fingerprint density at radius 3 is 2.92 bits per heavy atom. The van der Waals surface area contributed by atoms with Gasteiger partial charge in [-0.2, -0.15) is 5.10 Å². The van der Waals surface area contributed by atoms with Crippen molar-refractivity contribution < 1.29 is 14.6 Å². The Morgan fingerprint density at radius 2 is 2.24 bits per heavy atom. The number of carboxylic acid groups (broad SMARTS) is 1. The van der Waals surface area contributed by atoms with Crippen molar-refractivity contribution in [1.29, 1.82) is 0 Å². The summed E-state index contributed by atoms with van der Waals surface area (Å²) in [4.78, 5) is 12.5. The maximum atomic E-state index is 11.1. The van der Waals surface area contributed by atoms with Gasteiger partial charge in [0.15, 0.2) is 6.23 Å². The Kier molecular flexibility index (Phi) is 4.39. The van der Waals surface area contributed by atoms with Gasteiger partial charge < -0.3 is 14.7 Å². The van der Waals surface area contributed by atoms with E-state index >= 15 is 0 Å². The molecule has 7 heteroatoms. The van der Waals surface area contributed by atoms with Gasteiger partial charge in [0.2, 0.25) is 0 Å². The predicted molar refractivity (Wildman–Crippen MR) is 95.8 cm³/mol. The van der Waals surface area contributed by atoms with Crippen LogP contribution in [0.3, 0.4) is 0 Å². The van der Waals surface area contributed by atoms with Crippen molar-refractivity contribution in [3.05, 3.63) is 35.0 Å². The molecule has 1 fully saturated rings. The first kappa shape index (κ1) is 16.4. The molecule has 0 bridgehead atoms. The van der Waals surface area contributed by atoms with E-state index in [0.717, 1.165) is 47.9 Å². The van der Waals surface area contributed by atoms with Gasteiger partial charge in [0.25, 0.3) is 0 Å². The van der Waals surface area contributed by atoms with Crippen LogP contribution in [-0.2, 0) is 4.74 Å². The number of fused-ring (bicyclic) bond motifs is 1. The summed E-state index contributed by atoms with van der Waals surface area (Å²) in [5, 5.41) is 15.4. The molecule has 2 aromatic rings. The van der Waals surface area contributed by atoms with Gasteiger partial charge in [0.1, 0.15) is 0 Å². The van der Waals surface area contributed by atoms with E-state index in [-0.39, 0.29) is 6.23 Å². The van der Waals surface area contributed by atoms with Crippen LogP contribution in [0.1, 0.15) is 37.5 Å². The minimum atomic E-state index is -0.881. The van der Waals surface area contributed by atoms with E-state index in [2.05, 4.69) is 5.10 Å². The normalized spacial score (nSPS) is 21.4. The summed E-state index contributed by atoms with van der Waals surface area (Å²) in [5.41, 5.74) is 3.12. The first-order chi connectivity index (χ1) is 12.1. The number of hydrogen-bond donors (Lipinski definition) is 1. The Bertz CT molecular complexity index is 839. The topological polar surface area (TPSA) is 67.6 Å². The number of aromatic nitrogens is 2. The number of carbonyl (C=O) groups is 1. The molecule has 4 rings (SSSR count). The molecule has 1 N–H and O–H groups in total. The first-order valence-corrected chi connectivity index (χ1v) is 8.97. The molecule has 0 spiro atoms. The first-order valence-electron chi connectivity index (χ1n) is 8.59. The van der Waals surface area contributed by atoms with Crippen LogP contribution >= 0.6 is 11.6 Å². The van der Waals surface area contributed by atoms with Gasteiger partial charge in [-0.25, -0.2) is 9.48 Å². The van der Waals surface area contributed by atoms with Crippen molar-refractivity contribution in [2.75, 3.05) is 19.7 Å². The third-order valence-electron chi connectivity index (χ3n) is 4.94. The predicted octanol–water partition coefficient (Wildman–Crippen LogP) is 4.16. The highest BCUT2D eigenvalue weighted by atomic mass is 35.5. The van der Waals surface area contributed by atoms with E-state index in [1.807, 2.05) is 29.1 Å². The van der Waals surface area contributed by atoms with Crippen molar-refractivity contribution in [2.24, 2.45) is 0 Å². The van der Waals surface area contributed by atoms with Crippen LogP contribution in [0.5, 0.6) is 0 Å². The quantitative estimate of drug-likeness (QED) is 0.872. The van der Waals surface area contributed by atoms with E-state index in [1.54, 1.807) is 0 Å². The molecule has 1 unspecified atom stereocenters. The van der Waals surface area contributed by atoms with E-state index < -0.39 is 6.09 Å². The highest BCUT2D eigenvalue weighted by molar-refractivity contribution is 6.31. The van der Waals surface area contributed by atoms with Crippen molar-refractivity contribution in [2.45, 2.75) is 31.9 Å². The van der Waals surface area contributed by atoms with Gasteiger partial charge in [-0.15, -0.1) is 0 Å². The van der Waals surface area contributed by atoms with E-state index in [1.165, 1.54) is 4.90 Å². The second kappa shape index (κ2) is 6.69. The zero-order chi connectivity index (χ0) is 17.4. The second-order valence-corrected chi connectivity index (χ2v) is 6.94. The molecule has 0 saturated carbocycles. The Balaban J connectivity index is 1.73.